The normalized spacial score (nSPS) is 14.2. The van der Waals surface area contributed by atoms with E-state index in [1.54, 1.807) is 12.4 Å². The van der Waals surface area contributed by atoms with Crippen LogP contribution in [0.1, 0.15) is 30.1 Å². The maximum atomic E-state index is 13.5. The maximum absolute atomic E-state index is 13.5. The quantitative estimate of drug-likeness (QED) is 0.421. The number of nitrogens with one attached hydrogen (secondary N) is 1. The van der Waals surface area contributed by atoms with E-state index in [4.69, 9.17) is 5.73 Å². The highest BCUT2D eigenvalue weighted by atomic mass is 127. The van der Waals surface area contributed by atoms with Gasteiger partial charge in [-0.15, -0.1) is 24.0 Å². The number of guanidine groups is 1. The summed E-state index contributed by atoms with van der Waals surface area (Å²) in [5, 5.41) is 2.55. The lowest BCUT2D eigenvalue weighted by molar-refractivity contribution is 0.604. The van der Waals surface area contributed by atoms with E-state index in [-0.39, 0.29) is 35.6 Å². The van der Waals surface area contributed by atoms with E-state index in [0.29, 0.717) is 18.9 Å². The molecule has 8 heteroatoms. The predicted octanol–water partition coefficient (Wildman–Crippen LogP) is 3.22. The van der Waals surface area contributed by atoms with Gasteiger partial charge in [-0.1, -0.05) is 0 Å². The molecule has 1 aliphatic rings. The molecular formula is C16H18F2IN5. The third kappa shape index (κ3) is 5.08. The van der Waals surface area contributed by atoms with Gasteiger partial charge in [0.25, 0.3) is 0 Å². The van der Waals surface area contributed by atoms with Crippen molar-refractivity contribution in [3.63, 3.8) is 0 Å². The Morgan fingerprint density at radius 1 is 1.25 bits per heavy atom. The van der Waals surface area contributed by atoms with Gasteiger partial charge < -0.3 is 11.1 Å². The molecule has 0 aliphatic heterocycles. The molecule has 1 saturated carbocycles. The van der Waals surface area contributed by atoms with Gasteiger partial charge in [0.05, 0.1) is 5.69 Å². The van der Waals surface area contributed by atoms with Gasteiger partial charge in [0.15, 0.2) is 5.96 Å². The van der Waals surface area contributed by atoms with Crippen LogP contribution in [-0.2, 0) is 6.42 Å². The summed E-state index contributed by atoms with van der Waals surface area (Å²) in [4.78, 5) is 12.8. The summed E-state index contributed by atoms with van der Waals surface area (Å²) in [6.07, 6.45) is 6.56. The molecule has 0 spiro atoms. The second kappa shape index (κ2) is 8.32. The Labute approximate surface area is 155 Å². The van der Waals surface area contributed by atoms with Crippen LogP contribution in [0.15, 0.2) is 35.6 Å². The van der Waals surface area contributed by atoms with Crippen molar-refractivity contribution in [2.45, 2.75) is 25.2 Å². The first-order valence-corrected chi connectivity index (χ1v) is 7.44. The Kier molecular flexibility index (Phi) is 6.41. The summed E-state index contributed by atoms with van der Waals surface area (Å²) < 4.78 is 26.5. The second-order valence-electron chi connectivity index (χ2n) is 5.49. The first-order valence-electron chi connectivity index (χ1n) is 7.44. The number of aromatic nitrogens is 2. The number of hydrogen-bond acceptors (Lipinski definition) is 3. The average molecular weight is 445 g/mol. The van der Waals surface area contributed by atoms with E-state index >= 15 is 0 Å². The third-order valence-electron chi connectivity index (χ3n) is 3.54. The molecule has 0 radical (unpaired) electrons. The van der Waals surface area contributed by atoms with E-state index in [1.807, 2.05) is 0 Å². The molecule has 0 atom stereocenters. The van der Waals surface area contributed by atoms with Crippen LogP contribution in [-0.4, -0.2) is 22.5 Å². The zero-order chi connectivity index (χ0) is 16.2. The Morgan fingerprint density at radius 2 is 1.96 bits per heavy atom. The van der Waals surface area contributed by atoms with Crippen molar-refractivity contribution in [1.82, 2.24) is 9.97 Å². The molecule has 128 valence electrons. The maximum Gasteiger partial charge on any atom is 0.193 e. The molecular weight excluding hydrogens is 427 g/mol. The van der Waals surface area contributed by atoms with Crippen molar-refractivity contribution in [3.05, 3.63) is 53.6 Å². The SMILES string of the molecule is I.NC(=NCCc1cnc(C2CC2)nc1)Nc1cc(F)ccc1F. The van der Waals surface area contributed by atoms with Crippen LogP contribution in [0.2, 0.25) is 0 Å². The molecule has 1 heterocycles. The van der Waals surface area contributed by atoms with Crippen molar-refractivity contribution in [2.24, 2.45) is 10.7 Å². The molecule has 1 aliphatic carbocycles. The number of hydrogen-bond donors (Lipinski definition) is 2. The van der Waals surface area contributed by atoms with E-state index in [2.05, 4.69) is 20.3 Å². The van der Waals surface area contributed by atoms with Crippen LogP contribution in [0.25, 0.3) is 0 Å². The molecule has 1 aromatic carbocycles. The summed E-state index contributed by atoms with van der Waals surface area (Å²) in [6.45, 7) is 0.405. The lowest BCUT2D eigenvalue weighted by Gasteiger charge is -2.07. The number of nitrogens with zero attached hydrogens (tertiary/aromatic N) is 3. The molecule has 3 N–H and O–H groups in total. The van der Waals surface area contributed by atoms with Crippen LogP contribution >= 0.6 is 24.0 Å². The summed E-state index contributed by atoms with van der Waals surface area (Å²) >= 11 is 0. The topological polar surface area (TPSA) is 76.2 Å². The molecule has 2 aromatic rings. The molecule has 0 saturated heterocycles. The Hall–Kier alpha value is -1.84. The van der Waals surface area contributed by atoms with Crippen LogP contribution < -0.4 is 11.1 Å². The fourth-order valence-electron chi connectivity index (χ4n) is 2.12. The molecule has 24 heavy (non-hydrogen) atoms. The number of nitrogens with two attached hydrogens (primary N) is 1. The number of anilines is 1. The fourth-order valence-corrected chi connectivity index (χ4v) is 2.12. The van der Waals surface area contributed by atoms with Gasteiger partial charge in [0.2, 0.25) is 0 Å². The van der Waals surface area contributed by atoms with E-state index < -0.39 is 11.6 Å². The fraction of sp³-hybridized carbons (Fsp3) is 0.312. The first-order chi connectivity index (χ1) is 11.1. The number of halogens is 3. The monoisotopic (exact) mass is 445 g/mol. The zero-order valence-corrected chi connectivity index (χ0v) is 15.2. The summed E-state index contributed by atoms with van der Waals surface area (Å²) in [6, 6.07) is 3.10. The zero-order valence-electron chi connectivity index (χ0n) is 12.9. The van der Waals surface area contributed by atoms with Crippen molar-refractivity contribution < 1.29 is 8.78 Å². The van der Waals surface area contributed by atoms with Gasteiger partial charge in [-0.25, -0.2) is 18.7 Å². The Balaban J connectivity index is 0.00000208. The highest BCUT2D eigenvalue weighted by molar-refractivity contribution is 14.0. The molecule has 1 fully saturated rings. The minimum absolute atomic E-state index is 0. The smallest absolute Gasteiger partial charge is 0.193 e. The lowest BCUT2D eigenvalue weighted by atomic mass is 10.2. The predicted molar refractivity (Wildman–Crippen MR) is 99.6 cm³/mol. The molecule has 1 aromatic heterocycles. The first kappa shape index (κ1) is 18.5. The number of aliphatic imine (C=N–C) groups is 1. The Morgan fingerprint density at radius 3 is 2.62 bits per heavy atom. The van der Waals surface area contributed by atoms with Gasteiger partial charge in [-0.2, -0.15) is 0 Å². The van der Waals surface area contributed by atoms with Gasteiger partial charge in [0, 0.05) is 30.9 Å². The van der Waals surface area contributed by atoms with Crippen molar-refractivity contribution >= 4 is 35.6 Å². The molecule has 0 amide bonds. The van der Waals surface area contributed by atoms with Gasteiger partial charge in [0.1, 0.15) is 17.5 Å². The van der Waals surface area contributed by atoms with E-state index in [0.717, 1.165) is 29.6 Å². The van der Waals surface area contributed by atoms with E-state index in [1.165, 1.54) is 12.8 Å². The van der Waals surface area contributed by atoms with Gasteiger partial charge >= 0.3 is 0 Å². The summed E-state index contributed by atoms with van der Waals surface area (Å²) in [5.74, 6) is 0.330. The third-order valence-corrected chi connectivity index (χ3v) is 3.54. The number of rotatable bonds is 5. The number of benzene rings is 1. The summed E-state index contributed by atoms with van der Waals surface area (Å²) in [7, 11) is 0. The minimum atomic E-state index is -0.589. The highest BCUT2D eigenvalue weighted by Gasteiger charge is 2.25. The molecule has 5 nitrogen and oxygen atoms in total. The second-order valence-corrected chi connectivity index (χ2v) is 5.49. The summed E-state index contributed by atoms with van der Waals surface area (Å²) in [5.41, 5.74) is 6.60. The van der Waals surface area contributed by atoms with Crippen LogP contribution in [0.3, 0.4) is 0 Å². The van der Waals surface area contributed by atoms with Crippen molar-refractivity contribution in [1.29, 1.82) is 0 Å². The average Bonchev–Trinajstić information content (AvgIpc) is 3.36. The van der Waals surface area contributed by atoms with Crippen LogP contribution in [0.5, 0.6) is 0 Å². The molecule has 3 rings (SSSR count). The van der Waals surface area contributed by atoms with E-state index in [9.17, 15) is 8.78 Å². The molecule has 0 unspecified atom stereocenters. The minimum Gasteiger partial charge on any atom is -0.370 e. The Bertz CT molecular complexity index is 717. The van der Waals surface area contributed by atoms with Crippen molar-refractivity contribution in [2.75, 3.05) is 11.9 Å². The lowest BCUT2D eigenvalue weighted by Crippen LogP contribution is -2.23. The largest absolute Gasteiger partial charge is 0.370 e. The van der Waals surface area contributed by atoms with Gasteiger partial charge in [-0.3, -0.25) is 4.99 Å². The highest BCUT2D eigenvalue weighted by Crippen LogP contribution is 2.37. The van der Waals surface area contributed by atoms with Crippen molar-refractivity contribution in [3.8, 4) is 0 Å². The standard InChI is InChI=1S/C16H17F2N5.HI/c17-12-3-4-13(18)14(7-12)23-16(19)20-6-5-10-8-21-15(22-9-10)11-1-2-11;/h3-4,7-9,11H,1-2,5-6H2,(H3,19,20,23);1H. The van der Waals surface area contributed by atoms with Gasteiger partial charge in [-0.05, 0) is 37.0 Å². The van der Waals surface area contributed by atoms with Crippen LogP contribution in [0.4, 0.5) is 14.5 Å². The van der Waals surface area contributed by atoms with Crippen LogP contribution in [0, 0.1) is 11.6 Å². The molecule has 0 bridgehead atoms.